The van der Waals surface area contributed by atoms with E-state index in [1.165, 1.54) is 12.8 Å². The molecule has 23 nitrogen and oxygen atoms in total. The highest BCUT2D eigenvalue weighted by Crippen LogP contribution is 2.39. The van der Waals surface area contributed by atoms with Crippen LogP contribution < -0.4 is 52.1 Å². The van der Waals surface area contributed by atoms with Gasteiger partial charge in [0.25, 0.3) is 34.4 Å². The average molecular weight is 1580 g/mol. The van der Waals surface area contributed by atoms with Crippen molar-refractivity contribution < 1.29 is 24.2 Å². The Labute approximate surface area is 683 Å². The molecule has 115 heavy (non-hydrogen) atoms. The molecule has 5 heterocycles. The molecule has 0 radical (unpaired) electrons. The van der Waals surface area contributed by atoms with Gasteiger partial charge < -0.3 is 70.1 Å². The van der Waals surface area contributed by atoms with Gasteiger partial charge in [0, 0.05) is 180 Å². The molecule has 3 aliphatic carbocycles. The Bertz CT molecular complexity index is 4780. The number of nitrogens with zero attached hydrogens (tertiary/aromatic N) is 9. The maximum Gasteiger partial charge on any atom is 0.253 e. The van der Waals surface area contributed by atoms with Crippen LogP contribution in [0.2, 0.25) is 0 Å². The van der Waals surface area contributed by atoms with Crippen molar-refractivity contribution in [2.75, 3.05) is 96.8 Å². The molecule has 0 atom stereocenters. The van der Waals surface area contributed by atoms with Gasteiger partial charge in [0.1, 0.15) is 17.5 Å². The minimum Gasteiger partial charge on any atom is -0.488 e. The molecule has 11 rings (SSSR count). The molecule has 3 amide bonds. The molecule has 0 unspecified atom stereocenters. The predicted molar refractivity (Wildman–Crippen MR) is 466 cm³/mol. The van der Waals surface area contributed by atoms with Crippen LogP contribution in [0.5, 0.6) is 5.75 Å². The van der Waals surface area contributed by atoms with Gasteiger partial charge in [0.15, 0.2) is 0 Å². The Morgan fingerprint density at radius 3 is 1.17 bits per heavy atom. The normalized spacial score (nSPS) is 18.4. The van der Waals surface area contributed by atoms with Crippen molar-refractivity contribution in [3.8, 4) is 28.8 Å². The van der Waals surface area contributed by atoms with Crippen LogP contribution in [0.3, 0.4) is 0 Å². The van der Waals surface area contributed by atoms with Crippen molar-refractivity contribution in [3.63, 3.8) is 0 Å². The molecule has 3 saturated carbocycles. The number of anilines is 3. The Morgan fingerprint density at radius 1 is 0.487 bits per heavy atom. The number of aromatic nitrogens is 5. The van der Waals surface area contributed by atoms with Crippen molar-refractivity contribution in [2.45, 2.75) is 248 Å². The number of ether oxygens (including phenoxy) is 1. The Morgan fingerprint density at radius 2 is 0.835 bits per heavy atom. The van der Waals surface area contributed by atoms with Gasteiger partial charge in [-0.25, -0.2) is 0 Å². The number of aryl methyl sites for hydroxylation is 7. The highest BCUT2D eigenvalue weighted by molar-refractivity contribution is 6.00. The zero-order valence-electron chi connectivity index (χ0n) is 72.9. The summed E-state index contributed by atoms with van der Waals surface area (Å²) in [6.07, 6.45) is 17.3. The molecule has 1 aliphatic heterocycles. The standard InChI is InChI=1S/C31H42N6O2.C31H44N4O3.C30H45N5O3/c1-8-37(25-11-9-24(10-12-25)36(6)7)29-15-23(28-18-32-21(4)16-33-28)14-26(22(29)5)30(38)34-17-27-19(2)13-20(3)35-31(27)39;1-9-35(25-12-10-24(11-13-25)34(7)8)28-18-23(14-15-31(5,6)38)17-26(22(28)4)29(36)32-19-27-20(2)16-21(3)33-30(27)37;1-8-35(23-11-9-22(10-12-23)33(5)6)28-15-24(38-25-17-34(7)18-25)14-26(21(28)4)29(36)31-16-27-19(2)13-20(3)32-30(27)37/h13-16,18,24-25H,8-12,17H2,1-7H3,(H,34,38)(H,35,39);16-18,24-25,38H,9-13,19H2,1-8H3,(H,32,36)(H,33,37);13-15,22-23,25H,8-12,16-18H2,1-7H3,(H,31,36)(H,32,37). The van der Waals surface area contributed by atoms with Gasteiger partial charge in [-0.2, -0.15) is 0 Å². The van der Waals surface area contributed by atoms with Crippen molar-refractivity contribution in [1.82, 2.24) is 60.5 Å². The molecule has 0 spiro atoms. The lowest BCUT2D eigenvalue weighted by atomic mass is 9.88. The summed E-state index contributed by atoms with van der Waals surface area (Å²) in [5, 5.41) is 19.2. The third-order valence-corrected chi connectivity index (χ3v) is 24.0. The van der Waals surface area contributed by atoms with E-state index in [1.54, 1.807) is 32.3 Å². The van der Waals surface area contributed by atoms with Crippen molar-refractivity contribution >= 4 is 34.8 Å². The monoisotopic (exact) mass is 1570 g/mol. The minimum absolute atomic E-state index is 0.130. The number of carbonyl (C=O) groups is 3. The predicted octanol–water partition coefficient (Wildman–Crippen LogP) is 12.4. The van der Waals surface area contributed by atoms with E-state index < -0.39 is 5.60 Å². The second-order valence-electron chi connectivity index (χ2n) is 33.8. The fourth-order valence-corrected chi connectivity index (χ4v) is 17.3. The van der Waals surface area contributed by atoms with Crippen LogP contribution in [0, 0.1) is 81.1 Å². The number of benzene rings is 3. The molecule has 0 bridgehead atoms. The molecule has 4 aliphatic rings. The highest BCUT2D eigenvalue weighted by Gasteiger charge is 2.34. The number of likely N-dealkylation sites (N-methyl/N-ethyl adjacent to an activating group) is 1. The van der Waals surface area contributed by atoms with Gasteiger partial charge in [-0.15, -0.1) is 0 Å². The lowest BCUT2D eigenvalue weighted by Crippen LogP contribution is -2.51. The molecular weight excluding hydrogens is 1440 g/mol. The van der Waals surface area contributed by atoms with Crippen LogP contribution in [-0.2, 0) is 19.6 Å². The largest absolute Gasteiger partial charge is 0.488 e. The summed E-state index contributed by atoms with van der Waals surface area (Å²) in [4.78, 5) is 112. The van der Waals surface area contributed by atoms with E-state index in [1.807, 2.05) is 106 Å². The molecule has 1 saturated heterocycles. The molecule has 7 aromatic rings. The number of pyridine rings is 3. The number of carbonyl (C=O) groups excluding carboxylic acids is 3. The maximum atomic E-state index is 13.6. The minimum atomic E-state index is -1.15. The van der Waals surface area contributed by atoms with Gasteiger partial charge in [-0.05, 0) is 312 Å². The summed E-state index contributed by atoms with van der Waals surface area (Å²) in [6, 6.07) is 20.7. The lowest BCUT2D eigenvalue weighted by molar-refractivity contribution is 0.0387. The summed E-state index contributed by atoms with van der Waals surface area (Å²) in [5.74, 6) is 6.06. The number of aromatic amines is 3. The lowest BCUT2D eigenvalue weighted by Gasteiger charge is -2.41. The van der Waals surface area contributed by atoms with E-state index in [4.69, 9.17) is 4.74 Å². The number of likely N-dealkylation sites (tertiary alicyclic amines) is 1. The summed E-state index contributed by atoms with van der Waals surface area (Å²) < 4.78 is 6.34. The average Bonchev–Trinajstić information content (AvgIpc) is 0.789. The Balaban J connectivity index is 0.000000197. The van der Waals surface area contributed by atoms with Gasteiger partial charge in [-0.3, -0.25) is 43.6 Å². The summed E-state index contributed by atoms with van der Waals surface area (Å²) in [5.41, 5.74) is 15.8. The van der Waals surface area contributed by atoms with E-state index in [2.05, 4.69) is 169 Å². The number of hydrogen-bond acceptors (Lipinski definition) is 17. The van der Waals surface area contributed by atoms with Crippen LogP contribution in [0.1, 0.15) is 221 Å². The van der Waals surface area contributed by atoms with Crippen LogP contribution in [0.4, 0.5) is 17.1 Å². The van der Waals surface area contributed by atoms with E-state index in [0.717, 1.165) is 187 Å². The summed E-state index contributed by atoms with van der Waals surface area (Å²) >= 11 is 0. The van der Waals surface area contributed by atoms with Gasteiger partial charge in [0.05, 0.1) is 17.6 Å². The Hall–Kier alpha value is -9.44. The van der Waals surface area contributed by atoms with E-state index >= 15 is 0 Å². The Kier molecular flexibility index (Phi) is 31.1. The first kappa shape index (κ1) is 89.5. The maximum absolute atomic E-state index is 13.6. The van der Waals surface area contributed by atoms with Crippen molar-refractivity contribution in [2.24, 2.45) is 0 Å². The first-order valence-corrected chi connectivity index (χ1v) is 41.5. The van der Waals surface area contributed by atoms with Crippen molar-refractivity contribution in [1.29, 1.82) is 0 Å². The number of nitrogens with one attached hydrogen (secondary N) is 6. The van der Waals surface area contributed by atoms with Gasteiger partial charge in [-0.1, -0.05) is 11.8 Å². The zero-order valence-corrected chi connectivity index (χ0v) is 72.9. The van der Waals surface area contributed by atoms with Crippen LogP contribution >= 0.6 is 0 Å². The number of aliphatic hydroxyl groups is 1. The number of hydrogen-bond donors (Lipinski definition) is 7. The van der Waals surface area contributed by atoms with Crippen molar-refractivity contribution in [3.05, 3.63) is 193 Å². The summed E-state index contributed by atoms with van der Waals surface area (Å²) in [7, 11) is 15.0. The zero-order chi connectivity index (χ0) is 84.0. The topological polar surface area (TPSA) is 264 Å². The third kappa shape index (κ3) is 23.2. The number of amides is 3. The highest BCUT2D eigenvalue weighted by atomic mass is 16.5. The number of H-pyrrole nitrogens is 3. The SMILES string of the molecule is CCN(c1cc(-c2cnc(C)cn2)cc(C(=O)NCc2c(C)cc(C)[nH]c2=O)c1C)C1CCC(N(C)C)CC1.CCN(c1cc(C#CC(C)(C)O)cc(C(=O)NCc2c(C)cc(C)[nH]c2=O)c1C)C1CCC(N(C)C)CC1.CCN(c1cc(OC2CN(C)C2)cc(C(=O)NCc2c(C)cc(C)[nH]c2=O)c1C)C1CCC(N(C)C)CC1. The molecule has 7 N–H and O–H groups in total. The molecule has 4 aromatic heterocycles. The molecular formula is C92H131N15O8. The van der Waals surface area contributed by atoms with Crippen LogP contribution in [0.15, 0.2) is 81.4 Å². The van der Waals surface area contributed by atoms with Crippen LogP contribution in [-0.4, -0.2) is 197 Å². The van der Waals surface area contributed by atoms with E-state index in [0.29, 0.717) is 75.2 Å². The first-order valence-electron chi connectivity index (χ1n) is 41.5. The smallest absolute Gasteiger partial charge is 0.253 e. The quantitative estimate of drug-likeness (QED) is 0.0277. The first-order chi connectivity index (χ1) is 54.4. The summed E-state index contributed by atoms with van der Waals surface area (Å²) in [6.45, 7) is 33.8. The third-order valence-electron chi connectivity index (χ3n) is 24.0. The fraction of sp³-hybridized carbons (Fsp3) is 0.543. The molecule has 23 heteroatoms. The fourth-order valence-electron chi connectivity index (χ4n) is 17.3. The van der Waals surface area contributed by atoms with Gasteiger partial charge >= 0.3 is 0 Å². The van der Waals surface area contributed by atoms with Crippen LogP contribution in [0.25, 0.3) is 11.3 Å². The second-order valence-corrected chi connectivity index (χ2v) is 33.8. The molecule has 3 aromatic carbocycles. The van der Waals surface area contributed by atoms with Gasteiger partial charge in [0.2, 0.25) is 0 Å². The molecule has 4 fully saturated rings. The number of rotatable bonds is 24. The second kappa shape index (κ2) is 39.9. The van der Waals surface area contributed by atoms with E-state index in [-0.39, 0.29) is 60.1 Å². The van der Waals surface area contributed by atoms with E-state index in [9.17, 15) is 33.9 Å². The molecule has 622 valence electrons.